The number of hydrogen-bond acceptors (Lipinski definition) is 5. The zero-order valence-corrected chi connectivity index (χ0v) is 17.3. The molecule has 0 amide bonds. The second-order valence-corrected chi connectivity index (χ2v) is 6.98. The molecule has 2 aromatic carbocycles. The molecule has 4 rings (SSSR count). The number of aromatic nitrogens is 5. The Hall–Kier alpha value is -3.89. The van der Waals surface area contributed by atoms with E-state index in [2.05, 4.69) is 20.4 Å². The Morgan fingerprint density at radius 1 is 1.12 bits per heavy atom. The Bertz CT molecular complexity index is 1280. The molecule has 166 valence electrons. The number of anilines is 2. The van der Waals surface area contributed by atoms with Gasteiger partial charge < -0.3 is 14.6 Å². The highest BCUT2D eigenvalue weighted by Gasteiger charge is 2.37. The van der Waals surface area contributed by atoms with Crippen molar-refractivity contribution < 1.29 is 22.3 Å². The lowest BCUT2D eigenvalue weighted by molar-refractivity contribution is -0.139. The van der Waals surface area contributed by atoms with Crippen LogP contribution in [0.3, 0.4) is 0 Å². The molecule has 32 heavy (non-hydrogen) atoms. The van der Waals surface area contributed by atoms with Crippen molar-refractivity contribution in [3.8, 4) is 22.8 Å². The first-order valence-corrected chi connectivity index (χ1v) is 9.40. The molecule has 0 atom stereocenters. The summed E-state index contributed by atoms with van der Waals surface area (Å²) in [6.07, 6.45) is -1.37. The molecular formula is C21H18F4N6O. The summed E-state index contributed by atoms with van der Waals surface area (Å²) in [7, 11) is 3.04. The Balaban J connectivity index is 1.69. The molecule has 0 saturated heterocycles. The molecular weight excluding hydrogens is 428 g/mol. The van der Waals surface area contributed by atoms with E-state index < -0.39 is 23.2 Å². The molecule has 0 aliphatic carbocycles. The molecule has 2 aromatic heterocycles. The van der Waals surface area contributed by atoms with Crippen LogP contribution >= 0.6 is 0 Å². The van der Waals surface area contributed by atoms with Gasteiger partial charge in [0.25, 0.3) is 0 Å². The summed E-state index contributed by atoms with van der Waals surface area (Å²) in [6.45, 7) is 1.87. The number of benzene rings is 2. The predicted molar refractivity (Wildman–Crippen MR) is 110 cm³/mol. The summed E-state index contributed by atoms with van der Waals surface area (Å²) in [5, 5.41) is 6.80. The van der Waals surface area contributed by atoms with Crippen molar-refractivity contribution in [2.75, 3.05) is 12.4 Å². The van der Waals surface area contributed by atoms with Gasteiger partial charge in [-0.1, -0.05) is 6.07 Å². The molecule has 0 unspecified atom stereocenters. The maximum absolute atomic E-state index is 13.9. The predicted octanol–water partition coefficient (Wildman–Crippen LogP) is 4.89. The molecule has 0 bridgehead atoms. The molecule has 2 heterocycles. The summed E-state index contributed by atoms with van der Waals surface area (Å²) < 4.78 is 62.3. The summed E-state index contributed by atoms with van der Waals surface area (Å²) in [6, 6.07) is 8.35. The van der Waals surface area contributed by atoms with Gasteiger partial charge in [-0.3, -0.25) is 0 Å². The van der Waals surface area contributed by atoms with Crippen LogP contribution in [-0.4, -0.2) is 31.4 Å². The third kappa shape index (κ3) is 4.01. The minimum atomic E-state index is -4.87. The van der Waals surface area contributed by atoms with Gasteiger partial charge in [-0.15, -0.1) is 5.10 Å². The molecule has 0 fully saturated rings. The highest BCUT2D eigenvalue weighted by atomic mass is 19.4. The minimum absolute atomic E-state index is 0.0179. The molecule has 1 N–H and O–H groups in total. The van der Waals surface area contributed by atoms with E-state index in [0.29, 0.717) is 11.3 Å². The molecule has 0 spiro atoms. The van der Waals surface area contributed by atoms with Gasteiger partial charge in [-0.2, -0.15) is 18.2 Å². The van der Waals surface area contributed by atoms with Gasteiger partial charge in [0.1, 0.15) is 17.1 Å². The van der Waals surface area contributed by atoms with Crippen molar-refractivity contribution in [3.05, 3.63) is 66.0 Å². The van der Waals surface area contributed by atoms with E-state index in [-0.39, 0.29) is 11.8 Å². The number of nitrogens with one attached hydrogen (secondary N) is 1. The molecule has 0 radical (unpaired) electrons. The van der Waals surface area contributed by atoms with Crippen LogP contribution in [0, 0.1) is 12.7 Å². The van der Waals surface area contributed by atoms with Crippen LogP contribution in [0.25, 0.3) is 17.1 Å². The normalized spacial score (nSPS) is 11.6. The van der Waals surface area contributed by atoms with Crippen molar-refractivity contribution in [1.82, 2.24) is 24.3 Å². The average molecular weight is 446 g/mol. The summed E-state index contributed by atoms with van der Waals surface area (Å²) >= 11 is 0. The van der Waals surface area contributed by atoms with Crippen LogP contribution in [-0.2, 0) is 13.2 Å². The molecule has 4 aromatic rings. The van der Waals surface area contributed by atoms with E-state index in [1.54, 1.807) is 29.1 Å². The van der Waals surface area contributed by atoms with Crippen molar-refractivity contribution in [2.24, 2.45) is 7.05 Å². The first kappa shape index (κ1) is 21.3. The van der Waals surface area contributed by atoms with E-state index in [9.17, 15) is 17.6 Å². The van der Waals surface area contributed by atoms with Crippen LogP contribution in [0.2, 0.25) is 0 Å². The number of rotatable bonds is 5. The lowest BCUT2D eigenvalue weighted by Crippen LogP contribution is -2.12. The Labute approximate surface area is 180 Å². The van der Waals surface area contributed by atoms with Gasteiger partial charge in [0.15, 0.2) is 5.82 Å². The molecule has 0 saturated carbocycles. The fourth-order valence-corrected chi connectivity index (χ4v) is 3.24. The molecule has 11 heteroatoms. The highest BCUT2D eigenvalue weighted by molar-refractivity contribution is 5.66. The summed E-state index contributed by atoms with van der Waals surface area (Å²) in [4.78, 5) is 8.48. The van der Waals surface area contributed by atoms with Crippen LogP contribution < -0.4 is 10.1 Å². The summed E-state index contributed by atoms with van der Waals surface area (Å²) in [5.74, 6) is -0.567. The SMILES string of the molecule is COc1cc(-c2nc(Nc3cccc(F)c3C(F)(F)F)n(C)n2)ccc1-n1cnc(C)c1. The third-order valence-electron chi connectivity index (χ3n) is 4.73. The van der Waals surface area contributed by atoms with Crippen LogP contribution in [0.15, 0.2) is 48.9 Å². The lowest BCUT2D eigenvalue weighted by atomic mass is 10.1. The largest absolute Gasteiger partial charge is 0.495 e. The van der Waals surface area contributed by atoms with Crippen molar-refractivity contribution in [3.63, 3.8) is 0 Å². The standard InChI is InChI=1S/C21H18F4N6O/c1-12-10-31(11-26-12)16-8-7-13(9-17(16)32-3)19-28-20(30(2)29-19)27-15-6-4-5-14(22)18(15)21(23,24)25/h4-11H,1-3H3,(H,27,28,29). The summed E-state index contributed by atoms with van der Waals surface area (Å²) in [5.41, 5.74) is 0.324. The number of nitrogens with zero attached hydrogens (tertiary/aromatic N) is 5. The average Bonchev–Trinajstić information content (AvgIpc) is 3.32. The van der Waals surface area contributed by atoms with Crippen LogP contribution in [0.4, 0.5) is 29.2 Å². The Kier molecular flexibility index (Phi) is 5.33. The number of halogens is 4. The van der Waals surface area contributed by atoms with Crippen molar-refractivity contribution >= 4 is 11.6 Å². The maximum atomic E-state index is 13.9. The highest BCUT2D eigenvalue weighted by Crippen LogP contribution is 2.38. The quantitative estimate of drug-likeness (QED) is 0.442. The first-order valence-electron chi connectivity index (χ1n) is 9.40. The first-order chi connectivity index (χ1) is 15.2. The topological polar surface area (TPSA) is 69.8 Å². The number of hydrogen-bond donors (Lipinski definition) is 1. The number of aryl methyl sites for hydroxylation is 2. The zero-order valence-electron chi connectivity index (χ0n) is 17.3. The van der Waals surface area contributed by atoms with Gasteiger partial charge in [-0.25, -0.2) is 14.1 Å². The van der Waals surface area contributed by atoms with Crippen molar-refractivity contribution in [2.45, 2.75) is 13.1 Å². The van der Waals surface area contributed by atoms with Crippen LogP contribution in [0.5, 0.6) is 5.75 Å². The molecule has 0 aliphatic rings. The Morgan fingerprint density at radius 3 is 2.56 bits per heavy atom. The maximum Gasteiger partial charge on any atom is 0.421 e. The van der Waals surface area contributed by atoms with E-state index >= 15 is 0 Å². The van der Waals surface area contributed by atoms with E-state index in [0.717, 1.165) is 23.5 Å². The van der Waals surface area contributed by atoms with E-state index in [1.165, 1.54) is 24.9 Å². The van der Waals surface area contributed by atoms with Gasteiger partial charge in [0.05, 0.1) is 30.5 Å². The number of methoxy groups -OCH3 is 1. The lowest BCUT2D eigenvalue weighted by Gasteiger charge is -2.14. The van der Waals surface area contributed by atoms with Gasteiger partial charge >= 0.3 is 6.18 Å². The number of alkyl halides is 3. The fourth-order valence-electron chi connectivity index (χ4n) is 3.24. The van der Waals surface area contributed by atoms with Gasteiger partial charge in [-0.05, 0) is 37.3 Å². The monoisotopic (exact) mass is 446 g/mol. The number of ether oxygens (including phenoxy) is 1. The van der Waals surface area contributed by atoms with E-state index in [1.807, 2.05) is 13.1 Å². The van der Waals surface area contributed by atoms with E-state index in [4.69, 9.17) is 4.74 Å². The fraction of sp³-hybridized carbons (Fsp3) is 0.190. The molecule has 7 nitrogen and oxygen atoms in total. The van der Waals surface area contributed by atoms with Gasteiger partial charge in [0, 0.05) is 18.8 Å². The smallest absolute Gasteiger partial charge is 0.421 e. The zero-order chi connectivity index (χ0) is 23.0. The minimum Gasteiger partial charge on any atom is -0.495 e. The second kappa shape index (κ2) is 7.98. The second-order valence-electron chi connectivity index (χ2n) is 6.98. The molecule has 0 aliphatic heterocycles. The number of imidazole rings is 1. The van der Waals surface area contributed by atoms with Crippen LogP contribution in [0.1, 0.15) is 11.3 Å². The third-order valence-corrected chi connectivity index (χ3v) is 4.73. The van der Waals surface area contributed by atoms with Crippen molar-refractivity contribution in [1.29, 1.82) is 0 Å². The van der Waals surface area contributed by atoms with Gasteiger partial charge in [0.2, 0.25) is 5.95 Å². The Morgan fingerprint density at radius 2 is 1.91 bits per heavy atom.